The van der Waals surface area contributed by atoms with Crippen molar-refractivity contribution in [3.05, 3.63) is 311 Å². The van der Waals surface area contributed by atoms with Crippen molar-refractivity contribution in [1.82, 2.24) is 29.5 Å². The van der Waals surface area contributed by atoms with E-state index in [1.165, 1.54) is 59.8 Å². The summed E-state index contributed by atoms with van der Waals surface area (Å²) in [5.74, 6) is 3.98. The SMILES string of the molecule is C=C(CC[C@H]1CCCN(C(=O)Cc2ccc(F)cc2)C1)N1CCN(c2ccccn2)CC1.CCC(=O)N(C)[C@@H](Cc1ccc(F)cc1F)C1CCN(C(=O)CCc2ccc3c(c2)OCO3)CC1.Fc1cc2c(c(COc3ccccc3-c3ccccc3)c1)OCOC2.O=C(c1ccccc1SCc1ccccc1)N1CCN(c2ccccc2)CC1. The Hall–Kier alpha value is -11.6. The summed E-state index contributed by atoms with van der Waals surface area (Å²) >= 11 is 1.73. The molecule has 6 aliphatic rings. The summed E-state index contributed by atoms with van der Waals surface area (Å²) in [6, 6.07) is 70.9. The number of likely N-dealkylation sites (tertiary alicyclic amines) is 2. The second kappa shape index (κ2) is 43.4. The van der Waals surface area contributed by atoms with Gasteiger partial charge in [0.1, 0.15) is 47.2 Å². The molecule has 626 valence electrons. The molecule has 16 rings (SSSR count). The summed E-state index contributed by atoms with van der Waals surface area (Å²) < 4.78 is 82.2. The van der Waals surface area contributed by atoms with E-state index in [2.05, 4.69) is 86.9 Å². The third-order valence-electron chi connectivity index (χ3n) is 23.0. The first kappa shape index (κ1) is 86.2. The number of aromatic nitrogens is 1. The highest BCUT2D eigenvalue weighted by molar-refractivity contribution is 7.98. The molecule has 120 heavy (non-hydrogen) atoms. The van der Waals surface area contributed by atoms with E-state index >= 15 is 0 Å². The number of rotatable bonds is 24. The maximum absolute atomic E-state index is 14.4. The molecule has 9 aromatic carbocycles. The summed E-state index contributed by atoms with van der Waals surface area (Å²) in [7, 11) is 1.75. The fraction of sp³-hybridized carbons (Fsp3) is 0.337. The number of fused-ring (bicyclic) bond motifs is 2. The maximum atomic E-state index is 14.4. The Balaban J connectivity index is 0.000000139. The fourth-order valence-corrected chi connectivity index (χ4v) is 17.2. The number of allylic oxidation sites excluding steroid dienone is 1. The van der Waals surface area contributed by atoms with E-state index < -0.39 is 11.6 Å². The predicted molar refractivity (Wildman–Crippen MR) is 463 cm³/mol. The van der Waals surface area contributed by atoms with Gasteiger partial charge in [0, 0.05) is 155 Å². The Bertz CT molecular complexity index is 5000. The number of thioether (sulfide) groups is 1. The first-order chi connectivity index (χ1) is 58.6. The molecule has 17 nitrogen and oxygen atoms in total. The molecular weight excluding hydrogens is 1540 g/mol. The number of ether oxygens (including phenoxy) is 5. The lowest BCUT2D eigenvalue weighted by Crippen LogP contribution is -2.48. The van der Waals surface area contributed by atoms with Crippen LogP contribution >= 0.6 is 11.8 Å². The monoisotopic (exact) mass is 1650 g/mol. The van der Waals surface area contributed by atoms with Gasteiger partial charge in [0.15, 0.2) is 18.3 Å². The molecule has 10 aromatic rings. The van der Waals surface area contributed by atoms with E-state index in [1.54, 1.807) is 42.8 Å². The zero-order chi connectivity index (χ0) is 83.5. The molecule has 0 radical (unpaired) electrons. The third kappa shape index (κ3) is 24.1. The number of likely N-dealkylation sites (N-methyl/N-ethyl adjacent to an activating group) is 1. The minimum Gasteiger partial charge on any atom is -0.488 e. The second-order valence-electron chi connectivity index (χ2n) is 30.9. The number of carbonyl (C=O) groups excluding carboxylic acids is 4. The highest BCUT2D eigenvalue weighted by atomic mass is 32.2. The number of hydrogen-bond acceptors (Lipinski definition) is 14. The van der Waals surface area contributed by atoms with E-state index in [-0.39, 0.29) is 67.4 Å². The highest BCUT2D eigenvalue weighted by Gasteiger charge is 2.34. The summed E-state index contributed by atoms with van der Waals surface area (Å²) in [6.07, 6.45) is 9.61. The van der Waals surface area contributed by atoms with Crippen LogP contribution in [0.4, 0.5) is 29.1 Å². The van der Waals surface area contributed by atoms with Gasteiger partial charge < -0.3 is 58.0 Å². The van der Waals surface area contributed by atoms with Crippen LogP contribution in [-0.2, 0) is 57.3 Å². The van der Waals surface area contributed by atoms with Crippen molar-refractivity contribution >= 4 is 46.9 Å². The lowest BCUT2D eigenvalue weighted by Gasteiger charge is -2.40. The lowest BCUT2D eigenvalue weighted by atomic mass is 9.84. The van der Waals surface area contributed by atoms with Gasteiger partial charge in [0.05, 0.1) is 18.6 Å². The molecule has 2 atom stereocenters. The third-order valence-corrected chi connectivity index (χ3v) is 24.1. The van der Waals surface area contributed by atoms with Crippen LogP contribution in [0.25, 0.3) is 11.1 Å². The standard InChI is InChI=1S/C27H32F2N2O4.C26H33FN4O.C24H24N2OS.C21H17FO3/c1-3-26(32)30(2)23(15-20-6-7-21(28)16-22(20)29)19-10-12-31(13-11-19)27(33)9-5-18-4-8-24-25(14-18)35-17-34-24;1-21(29-15-17-30(18-16-29)25-6-2-3-13-28-25)7-8-23-5-4-14-31(20-23)26(32)19-22-9-11-24(27)12-10-22;27-24(26-17-15-25(16-18-26)21-11-5-2-6-12-21)22-13-7-8-14-23(22)28-19-20-9-3-1-4-10-20;22-18-10-16-12-23-14-25-21(16)17(11-18)13-24-20-9-5-4-8-19(20)15-6-2-1-3-7-15/h4,6-8,14,16,19,23H,3,5,9-13,15,17H2,1-2H3;2-3,6,9-13,23H,1,4-5,7-8,14-20H2;1-14H,15-19H2;1-11H,12-14H2/t2*23-;;/m01../s1. The number of halogens is 4. The molecule has 6 aliphatic heterocycles. The van der Waals surface area contributed by atoms with E-state index in [0.717, 1.165) is 159 Å². The van der Waals surface area contributed by atoms with Gasteiger partial charge in [-0.25, -0.2) is 22.5 Å². The Morgan fingerprint density at radius 1 is 0.575 bits per heavy atom. The number of nitrogens with zero attached hydrogens (tertiary/aromatic N) is 8. The topological polar surface area (TPSA) is 150 Å². The van der Waals surface area contributed by atoms with Crippen LogP contribution in [0.3, 0.4) is 0 Å². The zero-order valence-corrected chi connectivity index (χ0v) is 69.2. The Labute approximate surface area is 706 Å². The average Bonchev–Trinajstić information content (AvgIpc) is 1.03. The van der Waals surface area contributed by atoms with Crippen molar-refractivity contribution in [2.24, 2.45) is 11.8 Å². The van der Waals surface area contributed by atoms with Crippen molar-refractivity contribution < 1.29 is 60.4 Å². The zero-order valence-electron chi connectivity index (χ0n) is 68.4. The number of para-hydroxylation sites is 2. The van der Waals surface area contributed by atoms with Gasteiger partial charge in [0.25, 0.3) is 5.91 Å². The Kier molecular flexibility index (Phi) is 31.2. The number of anilines is 2. The smallest absolute Gasteiger partial charge is 0.255 e. The van der Waals surface area contributed by atoms with Crippen LogP contribution < -0.4 is 28.7 Å². The molecule has 4 fully saturated rings. The van der Waals surface area contributed by atoms with Gasteiger partial charge in [-0.2, -0.15) is 0 Å². The molecular formula is C98H106F4N8O9S. The molecule has 0 N–H and O–H groups in total. The molecule has 0 spiro atoms. The molecule has 0 unspecified atom stereocenters. The Morgan fingerprint density at radius 2 is 1.25 bits per heavy atom. The van der Waals surface area contributed by atoms with Crippen LogP contribution in [0, 0.1) is 35.1 Å². The number of piperazine rings is 2. The number of benzene rings is 9. The number of pyridine rings is 1. The van der Waals surface area contributed by atoms with Gasteiger partial charge in [-0.1, -0.05) is 153 Å². The van der Waals surface area contributed by atoms with Crippen molar-refractivity contribution in [3.8, 4) is 34.1 Å². The molecule has 0 aliphatic carbocycles. The number of aryl methyl sites for hydroxylation is 1. The number of hydrogen-bond donors (Lipinski definition) is 0. The van der Waals surface area contributed by atoms with Crippen LogP contribution in [-0.4, -0.2) is 158 Å². The van der Waals surface area contributed by atoms with Gasteiger partial charge in [-0.05, 0) is 176 Å². The molecule has 0 saturated carbocycles. The van der Waals surface area contributed by atoms with Crippen molar-refractivity contribution in [2.75, 3.05) is 109 Å². The van der Waals surface area contributed by atoms with Gasteiger partial charge >= 0.3 is 0 Å². The van der Waals surface area contributed by atoms with Gasteiger partial charge in [-0.3, -0.25) is 19.2 Å². The molecule has 4 saturated heterocycles. The predicted octanol–water partition coefficient (Wildman–Crippen LogP) is 18.3. The van der Waals surface area contributed by atoms with E-state index in [0.29, 0.717) is 85.9 Å². The molecule has 0 bridgehead atoms. The van der Waals surface area contributed by atoms with Crippen molar-refractivity contribution in [3.63, 3.8) is 0 Å². The fourth-order valence-electron chi connectivity index (χ4n) is 16.2. The maximum Gasteiger partial charge on any atom is 0.255 e. The molecule has 22 heteroatoms. The normalized spacial score (nSPS) is 15.9. The van der Waals surface area contributed by atoms with E-state index in [9.17, 15) is 36.7 Å². The number of piperidine rings is 2. The van der Waals surface area contributed by atoms with Crippen LogP contribution in [0.1, 0.15) is 102 Å². The highest BCUT2D eigenvalue weighted by Crippen LogP contribution is 2.37. The van der Waals surface area contributed by atoms with Crippen LogP contribution in [0.2, 0.25) is 0 Å². The Morgan fingerprint density at radius 3 is 1.99 bits per heavy atom. The summed E-state index contributed by atoms with van der Waals surface area (Å²) in [5, 5.41) is 0. The van der Waals surface area contributed by atoms with Crippen LogP contribution in [0.15, 0.2) is 254 Å². The van der Waals surface area contributed by atoms with E-state index in [4.69, 9.17) is 23.7 Å². The lowest BCUT2D eigenvalue weighted by molar-refractivity contribution is -0.136. The molecule has 1 aromatic heterocycles. The van der Waals surface area contributed by atoms with Gasteiger partial charge in [-0.15, -0.1) is 11.8 Å². The summed E-state index contributed by atoms with van der Waals surface area (Å²) in [4.78, 5) is 71.4. The summed E-state index contributed by atoms with van der Waals surface area (Å²) in [5.41, 5.74) is 10.3. The number of amides is 4. The quantitative estimate of drug-likeness (QED) is 0.0417. The van der Waals surface area contributed by atoms with E-state index in [1.807, 2.05) is 136 Å². The second-order valence-corrected chi connectivity index (χ2v) is 31.9. The largest absolute Gasteiger partial charge is 0.488 e. The molecule has 7 heterocycles. The minimum absolute atomic E-state index is 0.0141. The molecule has 4 amide bonds. The average molecular weight is 1650 g/mol. The first-order valence-corrected chi connectivity index (χ1v) is 42.7. The first-order valence-electron chi connectivity index (χ1n) is 41.7. The summed E-state index contributed by atoms with van der Waals surface area (Å²) in [6.45, 7) is 17.1. The van der Waals surface area contributed by atoms with Crippen molar-refractivity contribution in [2.45, 2.75) is 107 Å². The van der Waals surface area contributed by atoms with Crippen LogP contribution in [0.5, 0.6) is 23.0 Å². The van der Waals surface area contributed by atoms with Crippen molar-refractivity contribution in [1.29, 1.82) is 0 Å². The van der Waals surface area contributed by atoms with Gasteiger partial charge in [0.2, 0.25) is 24.5 Å². The number of carbonyl (C=O) groups is 4. The minimum atomic E-state index is -0.617.